The van der Waals surface area contributed by atoms with Crippen molar-refractivity contribution in [1.82, 2.24) is 4.90 Å². The Morgan fingerprint density at radius 2 is 1.80 bits per heavy atom. The van der Waals surface area contributed by atoms with Crippen molar-refractivity contribution < 1.29 is 0 Å². The van der Waals surface area contributed by atoms with E-state index in [0.717, 1.165) is 43.5 Å². The summed E-state index contributed by atoms with van der Waals surface area (Å²) in [6.07, 6.45) is 5.57. The molecule has 1 aromatic carbocycles. The fourth-order valence-corrected chi connectivity index (χ4v) is 3.75. The molecule has 1 heterocycles. The highest BCUT2D eigenvalue weighted by Gasteiger charge is 2.27. The van der Waals surface area contributed by atoms with Crippen molar-refractivity contribution >= 4 is 5.69 Å². The lowest BCUT2D eigenvalue weighted by atomic mass is 10.1. The molecule has 3 nitrogen and oxygen atoms in total. The predicted octanol–water partition coefficient (Wildman–Crippen LogP) is 2.93. The van der Waals surface area contributed by atoms with Crippen LogP contribution in [0.5, 0.6) is 0 Å². The molecule has 1 aliphatic heterocycles. The molecule has 1 aromatic rings. The number of hydrogen-bond acceptors (Lipinski definition) is 3. The monoisotopic (exact) mass is 269 g/mol. The Morgan fingerprint density at radius 3 is 2.45 bits per heavy atom. The van der Waals surface area contributed by atoms with E-state index in [-0.39, 0.29) is 0 Å². The number of rotatable bonds is 2. The molecule has 3 rings (SSSR count). The minimum absolute atomic E-state index is 0.819. The first kappa shape index (κ1) is 13.5. The Hall–Kier alpha value is -1.53. The average Bonchev–Trinajstić information content (AvgIpc) is 3.01. The summed E-state index contributed by atoms with van der Waals surface area (Å²) in [6, 6.07) is 9.19. The Bertz CT molecular complexity index is 503. The highest BCUT2D eigenvalue weighted by Crippen LogP contribution is 2.28. The summed E-state index contributed by atoms with van der Waals surface area (Å²) in [4.78, 5) is 5.06. The summed E-state index contributed by atoms with van der Waals surface area (Å²) in [5.41, 5.74) is 3.19. The molecule has 1 saturated carbocycles. The van der Waals surface area contributed by atoms with Gasteiger partial charge in [0, 0.05) is 32.2 Å². The van der Waals surface area contributed by atoms with Crippen molar-refractivity contribution in [3.63, 3.8) is 0 Å². The summed E-state index contributed by atoms with van der Waals surface area (Å²) < 4.78 is 0. The van der Waals surface area contributed by atoms with Gasteiger partial charge in [-0.25, -0.2) is 0 Å². The Labute approximate surface area is 121 Å². The Balaban J connectivity index is 1.70. The molecule has 0 unspecified atom stereocenters. The number of benzene rings is 1. The number of nitriles is 1. The minimum Gasteiger partial charge on any atom is -0.368 e. The topological polar surface area (TPSA) is 30.3 Å². The second-order valence-electron chi connectivity index (χ2n) is 6.04. The van der Waals surface area contributed by atoms with Crippen LogP contribution in [0.3, 0.4) is 0 Å². The van der Waals surface area contributed by atoms with Crippen LogP contribution in [0.1, 0.15) is 36.8 Å². The minimum atomic E-state index is 0.819. The lowest BCUT2D eigenvalue weighted by Gasteiger charge is -2.39. The van der Waals surface area contributed by atoms with Crippen molar-refractivity contribution in [3.8, 4) is 6.07 Å². The zero-order valence-corrected chi connectivity index (χ0v) is 12.3. The first-order chi connectivity index (χ1) is 9.79. The summed E-state index contributed by atoms with van der Waals surface area (Å²) in [6.45, 7) is 6.50. The second kappa shape index (κ2) is 5.85. The largest absolute Gasteiger partial charge is 0.368 e. The molecule has 3 heteroatoms. The van der Waals surface area contributed by atoms with E-state index in [1.165, 1.54) is 31.2 Å². The SMILES string of the molecule is Cc1cccc(C#N)c1N1CCN(C2CCCC2)CC1. The van der Waals surface area contributed by atoms with E-state index < -0.39 is 0 Å². The number of anilines is 1. The number of aryl methyl sites for hydroxylation is 1. The smallest absolute Gasteiger partial charge is 0.101 e. The van der Waals surface area contributed by atoms with E-state index in [1.54, 1.807) is 0 Å². The van der Waals surface area contributed by atoms with Gasteiger partial charge >= 0.3 is 0 Å². The maximum atomic E-state index is 9.31. The molecule has 0 atom stereocenters. The fraction of sp³-hybridized carbons (Fsp3) is 0.588. The highest BCUT2D eigenvalue weighted by atomic mass is 15.3. The van der Waals surface area contributed by atoms with Crippen LogP contribution in [0.2, 0.25) is 0 Å². The lowest BCUT2D eigenvalue weighted by molar-refractivity contribution is 0.187. The zero-order valence-electron chi connectivity index (χ0n) is 12.3. The summed E-state index contributed by atoms with van der Waals surface area (Å²) in [5, 5.41) is 9.31. The van der Waals surface area contributed by atoms with Gasteiger partial charge in [0.2, 0.25) is 0 Å². The predicted molar refractivity (Wildman–Crippen MR) is 81.9 cm³/mol. The summed E-state index contributed by atoms with van der Waals surface area (Å²) in [7, 11) is 0. The molecule has 0 bridgehead atoms. The van der Waals surface area contributed by atoms with Gasteiger partial charge in [-0.05, 0) is 31.4 Å². The molecule has 20 heavy (non-hydrogen) atoms. The average molecular weight is 269 g/mol. The summed E-state index contributed by atoms with van der Waals surface area (Å²) >= 11 is 0. The van der Waals surface area contributed by atoms with E-state index in [1.807, 2.05) is 12.1 Å². The van der Waals surface area contributed by atoms with Gasteiger partial charge in [-0.15, -0.1) is 0 Å². The van der Waals surface area contributed by atoms with Gasteiger partial charge in [-0.2, -0.15) is 5.26 Å². The van der Waals surface area contributed by atoms with E-state index in [9.17, 15) is 5.26 Å². The van der Waals surface area contributed by atoms with Crippen LogP contribution in [0.25, 0.3) is 0 Å². The third kappa shape index (κ3) is 2.53. The molecule has 2 aliphatic rings. The molecule has 0 radical (unpaired) electrons. The van der Waals surface area contributed by atoms with Crippen molar-refractivity contribution in [2.75, 3.05) is 31.1 Å². The van der Waals surface area contributed by atoms with Gasteiger partial charge in [0.1, 0.15) is 6.07 Å². The van der Waals surface area contributed by atoms with Crippen molar-refractivity contribution in [2.24, 2.45) is 0 Å². The van der Waals surface area contributed by atoms with E-state index in [2.05, 4.69) is 28.9 Å². The molecule has 106 valence electrons. The molecular weight excluding hydrogens is 246 g/mol. The van der Waals surface area contributed by atoms with Gasteiger partial charge in [0.25, 0.3) is 0 Å². The second-order valence-corrected chi connectivity index (χ2v) is 6.04. The van der Waals surface area contributed by atoms with Crippen LogP contribution >= 0.6 is 0 Å². The first-order valence-corrected chi connectivity index (χ1v) is 7.78. The number of piperazine rings is 1. The van der Waals surface area contributed by atoms with E-state index in [0.29, 0.717) is 0 Å². The van der Waals surface area contributed by atoms with Gasteiger partial charge in [0.05, 0.1) is 11.3 Å². The van der Waals surface area contributed by atoms with Crippen LogP contribution < -0.4 is 4.90 Å². The van der Waals surface area contributed by atoms with Gasteiger partial charge in [-0.1, -0.05) is 25.0 Å². The summed E-state index contributed by atoms with van der Waals surface area (Å²) in [5.74, 6) is 0. The number of hydrogen-bond donors (Lipinski definition) is 0. The maximum absolute atomic E-state index is 9.31. The normalized spacial score (nSPS) is 21.1. The Kier molecular flexibility index (Phi) is 3.93. The molecule has 0 amide bonds. The number of nitrogens with zero attached hydrogens (tertiary/aromatic N) is 3. The maximum Gasteiger partial charge on any atom is 0.101 e. The Morgan fingerprint density at radius 1 is 1.10 bits per heavy atom. The molecule has 0 spiro atoms. The van der Waals surface area contributed by atoms with Crippen LogP contribution in [0, 0.1) is 18.3 Å². The highest BCUT2D eigenvalue weighted by molar-refractivity contribution is 5.64. The lowest BCUT2D eigenvalue weighted by Crippen LogP contribution is -2.50. The molecule has 1 aliphatic carbocycles. The first-order valence-electron chi connectivity index (χ1n) is 7.78. The van der Waals surface area contributed by atoms with Crippen LogP contribution in [-0.4, -0.2) is 37.1 Å². The van der Waals surface area contributed by atoms with Gasteiger partial charge in [-0.3, -0.25) is 4.90 Å². The van der Waals surface area contributed by atoms with Gasteiger partial charge in [0.15, 0.2) is 0 Å². The zero-order chi connectivity index (χ0) is 13.9. The van der Waals surface area contributed by atoms with Crippen LogP contribution in [-0.2, 0) is 0 Å². The van der Waals surface area contributed by atoms with E-state index >= 15 is 0 Å². The van der Waals surface area contributed by atoms with Crippen molar-refractivity contribution in [3.05, 3.63) is 29.3 Å². The standard InChI is InChI=1S/C17H23N3/c1-14-5-4-6-15(13-18)17(14)20-11-9-19(10-12-20)16-7-2-3-8-16/h4-6,16H,2-3,7-12H2,1H3. The molecular formula is C17H23N3. The van der Waals surface area contributed by atoms with Crippen LogP contribution in [0.15, 0.2) is 18.2 Å². The molecule has 2 fully saturated rings. The molecule has 1 saturated heterocycles. The third-order valence-electron chi connectivity index (χ3n) is 4.83. The van der Waals surface area contributed by atoms with Crippen LogP contribution in [0.4, 0.5) is 5.69 Å². The molecule has 0 aromatic heterocycles. The van der Waals surface area contributed by atoms with Crippen molar-refractivity contribution in [2.45, 2.75) is 38.6 Å². The van der Waals surface area contributed by atoms with E-state index in [4.69, 9.17) is 0 Å². The van der Waals surface area contributed by atoms with Crippen molar-refractivity contribution in [1.29, 1.82) is 5.26 Å². The third-order valence-corrected chi connectivity index (χ3v) is 4.83. The van der Waals surface area contributed by atoms with Gasteiger partial charge < -0.3 is 4.90 Å². The number of para-hydroxylation sites is 1. The molecule has 0 N–H and O–H groups in total. The quantitative estimate of drug-likeness (QED) is 0.827. The fourth-order valence-electron chi connectivity index (χ4n) is 3.75.